The molecule has 0 radical (unpaired) electrons. The minimum atomic E-state index is -4.50. The SMILES string of the molecule is CSc1ccc(Cl)c(C(=O)NOCC(F)(F)F)c1. The van der Waals surface area contributed by atoms with Crippen LogP contribution in [0.15, 0.2) is 23.1 Å². The van der Waals surface area contributed by atoms with Crippen molar-refractivity contribution in [1.82, 2.24) is 5.48 Å². The van der Waals surface area contributed by atoms with E-state index >= 15 is 0 Å². The molecular formula is C10H9ClF3NO2S. The lowest BCUT2D eigenvalue weighted by atomic mass is 10.2. The molecule has 3 nitrogen and oxygen atoms in total. The molecule has 0 fully saturated rings. The highest BCUT2D eigenvalue weighted by molar-refractivity contribution is 7.98. The molecule has 0 spiro atoms. The van der Waals surface area contributed by atoms with E-state index in [1.807, 2.05) is 0 Å². The summed E-state index contributed by atoms with van der Waals surface area (Å²) in [6.45, 7) is -1.56. The van der Waals surface area contributed by atoms with Crippen molar-refractivity contribution in [2.45, 2.75) is 11.1 Å². The van der Waals surface area contributed by atoms with Gasteiger partial charge in [-0.1, -0.05) is 11.6 Å². The van der Waals surface area contributed by atoms with Crippen LogP contribution in [-0.2, 0) is 4.84 Å². The van der Waals surface area contributed by atoms with Crippen molar-refractivity contribution in [3.8, 4) is 0 Å². The zero-order chi connectivity index (χ0) is 13.8. The molecule has 1 amide bonds. The fourth-order valence-electron chi connectivity index (χ4n) is 1.04. The highest BCUT2D eigenvalue weighted by atomic mass is 35.5. The summed E-state index contributed by atoms with van der Waals surface area (Å²) in [6.07, 6.45) is -2.71. The summed E-state index contributed by atoms with van der Waals surface area (Å²) in [6, 6.07) is 4.66. The number of amides is 1. The van der Waals surface area contributed by atoms with Gasteiger partial charge >= 0.3 is 6.18 Å². The molecule has 18 heavy (non-hydrogen) atoms. The van der Waals surface area contributed by atoms with Crippen LogP contribution in [0, 0.1) is 0 Å². The van der Waals surface area contributed by atoms with Crippen LogP contribution in [0.1, 0.15) is 10.4 Å². The number of nitrogens with one attached hydrogen (secondary N) is 1. The molecule has 0 atom stereocenters. The van der Waals surface area contributed by atoms with E-state index in [9.17, 15) is 18.0 Å². The van der Waals surface area contributed by atoms with E-state index in [4.69, 9.17) is 11.6 Å². The van der Waals surface area contributed by atoms with Crippen molar-refractivity contribution < 1.29 is 22.8 Å². The molecular weight excluding hydrogens is 291 g/mol. The van der Waals surface area contributed by atoms with Crippen LogP contribution in [0.2, 0.25) is 5.02 Å². The zero-order valence-electron chi connectivity index (χ0n) is 9.18. The molecule has 0 aliphatic heterocycles. The third kappa shape index (κ3) is 4.75. The largest absolute Gasteiger partial charge is 0.414 e. The number of hydroxylamine groups is 1. The average Bonchev–Trinajstić information content (AvgIpc) is 2.27. The Morgan fingerprint density at radius 2 is 2.17 bits per heavy atom. The van der Waals surface area contributed by atoms with Crippen LogP contribution in [0.5, 0.6) is 0 Å². The van der Waals surface area contributed by atoms with Crippen LogP contribution >= 0.6 is 23.4 Å². The quantitative estimate of drug-likeness (QED) is 0.685. The third-order valence-corrected chi connectivity index (χ3v) is 2.87. The Bertz CT molecular complexity index is 440. The maximum atomic E-state index is 11.8. The lowest BCUT2D eigenvalue weighted by Gasteiger charge is -2.09. The van der Waals surface area contributed by atoms with E-state index in [1.165, 1.54) is 23.9 Å². The molecule has 0 saturated heterocycles. The standard InChI is InChI=1S/C10H9ClF3NO2S/c1-18-6-2-3-8(11)7(4-6)9(16)15-17-5-10(12,13)14/h2-4H,5H2,1H3,(H,15,16). The molecule has 1 aromatic rings. The van der Waals surface area contributed by atoms with Crippen LogP contribution in [0.3, 0.4) is 0 Å². The molecule has 0 aliphatic carbocycles. The average molecular weight is 300 g/mol. The number of benzene rings is 1. The van der Waals surface area contributed by atoms with Gasteiger partial charge in [-0.05, 0) is 24.5 Å². The molecule has 1 aromatic carbocycles. The van der Waals surface area contributed by atoms with Crippen molar-refractivity contribution >= 4 is 29.3 Å². The Labute approximate surface area is 111 Å². The predicted molar refractivity (Wildman–Crippen MR) is 62.7 cm³/mol. The second-order valence-electron chi connectivity index (χ2n) is 3.18. The third-order valence-electron chi connectivity index (χ3n) is 1.82. The summed E-state index contributed by atoms with van der Waals surface area (Å²) >= 11 is 7.15. The van der Waals surface area contributed by atoms with Gasteiger partial charge in [0.2, 0.25) is 0 Å². The number of thioether (sulfide) groups is 1. The molecule has 0 heterocycles. The van der Waals surface area contributed by atoms with Crippen LogP contribution in [-0.4, -0.2) is 24.9 Å². The molecule has 0 aliphatic rings. The van der Waals surface area contributed by atoms with Gasteiger partial charge in [-0.2, -0.15) is 13.2 Å². The van der Waals surface area contributed by atoms with Gasteiger partial charge in [0.05, 0.1) is 10.6 Å². The Morgan fingerprint density at radius 1 is 1.50 bits per heavy atom. The van der Waals surface area contributed by atoms with Gasteiger partial charge in [-0.3, -0.25) is 9.63 Å². The molecule has 0 unspecified atom stereocenters. The first kappa shape index (κ1) is 15.1. The van der Waals surface area contributed by atoms with E-state index in [2.05, 4.69) is 4.84 Å². The van der Waals surface area contributed by atoms with E-state index in [0.717, 1.165) is 4.90 Å². The van der Waals surface area contributed by atoms with Crippen LogP contribution in [0.4, 0.5) is 13.2 Å². The van der Waals surface area contributed by atoms with Crippen molar-refractivity contribution in [2.24, 2.45) is 0 Å². The highest BCUT2D eigenvalue weighted by Crippen LogP contribution is 2.23. The Kier molecular flexibility index (Phi) is 5.30. The Morgan fingerprint density at radius 3 is 2.72 bits per heavy atom. The number of hydrogen-bond acceptors (Lipinski definition) is 3. The van der Waals surface area contributed by atoms with Gasteiger partial charge < -0.3 is 0 Å². The van der Waals surface area contributed by atoms with Gasteiger partial charge in [0, 0.05) is 4.90 Å². The number of rotatable bonds is 4. The zero-order valence-corrected chi connectivity index (χ0v) is 10.7. The minimum absolute atomic E-state index is 0.0608. The second-order valence-corrected chi connectivity index (χ2v) is 4.47. The van der Waals surface area contributed by atoms with Crippen LogP contribution < -0.4 is 5.48 Å². The number of alkyl halides is 3. The summed E-state index contributed by atoms with van der Waals surface area (Å²) in [7, 11) is 0. The van der Waals surface area contributed by atoms with Crippen molar-refractivity contribution in [1.29, 1.82) is 0 Å². The van der Waals surface area contributed by atoms with Gasteiger partial charge in [-0.15, -0.1) is 11.8 Å². The Hall–Kier alpha value is -0.920. The van der Waals surface area contributed by atoms with Crippen molar-refractivity contribution in [2.75, 3.05) is 12.9 Å². The maximum Gasteiger partial charge on any atom is 0.414 e. The fraction of sp³-hybridized carbons (Fsp3) is 0.300. The summed E-state index contributed by atoms with van der Waals surface area (Å²) in [5, 5.41) is 0.140. The second kappa shape index (κ2) is 6.31. The summed E-state index contributed by atoms with van der Waals surface area (Å²) in [5.41, 5.74) is 1.76. The lowest BCUT2D eigenvalue weighted by molar-refractivity contribution is -0.184. The number of carbonyl (C=O) groups excluding carboxylic acids is 1. The van der Waals surface area contributed by atoms with Gasteiger partial charge in [0.1, 0.15) is 0 Å². The highest BCUT2D eigenvalue weighted by Gasteiger charge is 2.28. The lowest BCUT2D eigenvalue weighted by Crippen LogP contribution is -2.29. The predicted octanol–water partition coefficient (Wildman–Crippen LogP) is 3.29. The molecule has 0 aromatic heterocycles. The monoisotopic (exact) mass is 299 g/mol. The maximum absolute atomic E-state index is 11.8. The smallest absolute Gasteiger partial charge is 0.267 e. The van der Waals surface area contributed by atoms with E-state index in [-0.39, 0.29) is 10.6 Å². The summed E-state index contributed by atoms with van der Waals surface area (Å²) in [5.74, 6) is -0.819. The first-order valence-corrected chi connectivity index (χ1v) is 6.26. The molecule has 100 valence electrons. The van der Waals surface area contributed by atoms with E-state index in [0.29, 0.717) is 0 Å². The molecule has 8 heteroatoms. The fourth-order valence-corrected chi connectivity index (χ4v) is 1.69. The number of carbonyl (C=O) groups is 1. The topological polar surface area (TPSA) is 38.3 Å². The van der Waals surface area contributed by atoms with E-state index < -0.39 is 18.7 Å². The summed E-state index contributed by atoms with van der Waals surface area (Å²) < 4.78 is 35.4. The van der Waals surface area contributed by atoms with Crippen molar-refractivity contribution in [3.05, 3.63) is 28.8 Å². The van der Waals surface area contributed by atoms with Crippen LogP contribution in [0.25, 0.3) is 0 Å². The molecule has 1 N–H and O–H groups in total. The summed E-state index contributed by atoms with van der Waals surface area (Å²) in [4.78, 5) is 16.3. The molecule has 0 bridgehead atoms. The molecule has 0 saturated carbocycles. The Balaban J connectivity index is 2.66. The minimum Gasteiger partial charge on any atom is -0.267 e. The number of hydrogen-bond donors (Lipinski definition) is 1. The normalized spacial score (nSPS) is 11.4. The van der Waals surface area contributed by atoms with E-state index in [1.54, 1.807) is 17.8 Å². The first-order valence-electron chi connectivity index (χ1n) is 4.66. The van der Waals surface area contributed by atoms with Gasteiger partial charge in [-0.25, -0.2) is 5.48 Å². The van der Waals surface area contributed by atoms with Crippen molar-refractivity contribution in [3.63, 3.8) is 0 Å². The molecule has 1 rings (SSSR count). The number of halogens is 4. The van der Waals surface area contributed by atoms with Gasteiger partial charge in [0.15, 0.2) is 6.61 Å². The van der Waals surface area contributed by atoms with Gasteiger partial charge in [0.25, 0.3) is 5.91 Å². The first-order chi connectivity index (χ1) is 8.33.